The van der Waals surface area contributed by atoms with Gasteiger partial charge < -0.3 is 10.0 Å². The molecule has 1 saturated heterocycles. The van der Waals surface area contributed by atoms with E-state index < -0.39 is 15.9 Å². The number of aliphatic hydroxyl groups excluding tert-OH is 1. The SMILES string of the molecule is CN1CCCN(C)C(C(O)CCS(C)(=O)=O)C1. The van der Waals surface area contributed by atoms with Crippen LogP contribution in [0.25, 0.3) is 0 Å². The summed E-state index contributed by atoms with van der Waals surface area (Å²) in [7, 11) is 1.04. The number of rotatable bonds is 4. The minimum atomic E-state index is -2.99. The van der Waals surface area contributed by atoms with E-state index in [1.54, 1.807) is 0 Å². The van der Waals surface area contributed by atoms with Gasteiger partial charge in [0.2, 0.25) is 0 Å². The highest BCUT2D eigenvalue weighted by atomic mass is 32.2. The van der Waals surface area contributed by atoms with Crippen molar-refractivity contribution in [2.75, 3.05) is 45.7 Å². The van der Waals surface area contributed by atoms with Crippen molar-refractivity contribution in [2.45, 2.75) is 25.0 Å². The van der Waals surface area contributed by atoms with Crippen LogP contribution in [0.2, 0.25) is 0 Å². The number of hydrogen-bond acceptors (Lipinski definition) is 5. The van der Waals surface area contributed by atoms with Crippen LogP contribution in [-0.2, 0) is 9.84 Å². The normalized spacial score (nSPS) is 26.7. The lowest BCUT2D eigenvalue weighted by atomic mass is 10.1. The largest absolute Gasteiger partial charge is 0.391 e. The lowest BCUT2D eigenvalue weighted by Crippen LogP contribution is -2.46. The van der Waals surface area contributed by atoms with E-state index in [9.17, 15) is 13.5 Å². The number of aliphatic hydroxyl groups is 1. The minimum absolute atomic E-state index is 0.0317. The zero-order valence-electron chi connectivity index (χ0n) is 11.0. The van der Waals surface area contributed by atoms with Crippen LogP contribution in [-0.4, -0.2) is 81.2 Å². The first kappa shape index (κ1) is 14.9. The van der Waals surface area contributed by atoms with Gasteiger partial charge in [0.15, 0.2) is 0 Å². The molecule has 1 fully saturated rings. The topological polar surface area (TPSA) is 60.9 Å². The second kappa shape index (κ2) is 6.13. The fourth-order valence-electron chi connectivity index (χ4n) is 2.25. The summed E-state index contributed by atoms with van der Waals surface area (Å²) in [5, 5.41) is 10.1. The molecular weight excluding hydrogens is 240 g/mol. The predicted octanol–water partition coefficient (Wildman–Crippen LogP) is -0.582. The third kappa shape index (κ3) is 5.33. The Morgan fingerprint density at radius 2 is 2.00 bits per heavy atom. The van der Waals surface area contributed by atoms with E-state index in [-0.39, 0.29) is 11.8 Å². The quantitative estimate of drug-likeness (QED) is 0.736. The van der Waals surface area contributed by atoms with E-state index in [4.69, 9.17) is 0 Å². The maximum Gasteiger partial charge on any atom is 0.147 e. The van der Waals surface area contributed by atoms with Crippen LogP contribution in [0.4, 0.5) is 0 Å². The van der Waals surface area contributed by atoms with Gasteiger partial charge in [0.25, 0.3) is 0 Å². The van der Waals surface area contributed by atoms with Crippen molar-refractivity contribution in [1.29, 1.82) is 0 Å². The first-order valence-corrected chi connectivity index (χ1v) is 8.10. The number of sulfone groups is 1. The highest BCUT2D eigenvalue weighted by Gasteiger charge is 2.27. The molecular formula is C11H24N2O3S. The van der Waals surface area contributed by atoms with Gasteiger partial charge >= 0.3 is 0 Å². The molecule has 5 nitrogen and oxygen atoms in total. The van der Waals surface area contributed by atoms with Crippen LogP contribution < -0.4 is 0 Å². The lowest BCUT2D eigenvalue weighted by Gasteiger charge is -2.31. The zero-order chi connectivity index (χ0) is 13.1. The molecule has 1 rings (SSSR count). The van der Waals surface area contributed by atoms with Crippen LogP contribution in [0.15, 0.2) is 0 Å². The summed E-state index contributed by atoms with van der Waals surface area (Å²) in [6.45, 7) is 2.77. The lowest BCUT2D eigenvalue weighted by molar-refractivity contribution is 0.0558. The number of likely N-dealkylation sites (N-methyl/N-ethyl adjacent to an activating group) is 2. The van der Waals surface area contributed by atoms with E-state index in [1.807, 2.05) is 14.1 Å². The van der Waals surface area contributed by atoms with Gasteiger partial charge in [-0.2, -0.15) is 0 Å². The van der Waals surface area contributed by atoms with E-state index in [0.717, 1.165) is 26.1 Å². The molecule has 0 aromatic carbocycles. The second-order valence-electron chi connectivity index (χ2n) is 5.15. The van der Waals surface area contributed by atoms with Crippen molar-refractivity contribution in [3.8, 4) is 0 Å². The first-order valence-electron chi connectivity index (χ1n) is 6.04. The maximum absolute atomic E-state index is 11.1. The van der Waals surface area contributed by atoms with Crippen LogP contribution in [0.5, 0.6) is 0 Å². The van der Waals surface area contributed by atoms with Gasteiger partial charge in [0.05, 0.1) is 11.9 Å². The molecule has 2 unspecified atom stereocenters. The Balaban J connectivity index is 2.55. The molecule has 1 aliphatic rings. The van der Waals surface area contributed by atoms with E-state index in [2.05, 4.69) is 9.80 Å². The van der Waals surface area contributed by atoms with Crippen LogP contribution >= 0.6 is 0 Å². The highest BCUT2D eigenvalue weighted by molar-refractivity contribution is 7.90. The zero-order valence-corrected chi connectivity index (χ0v) is 11.8. The summed E-state index contributed by atoms with van der Waals surface area (Å²) in [5.41, 5.74) is 0. The molecule has 2 atom stereocenters. The van der Waals surface area contributed by atoms with Crippen molar-refractivity contribution in [3.63, 3.8) is 0 Å². The van der Waals surface area contributed by atoms with Gasteiger partial charge in [-0.15, -0.1) is 0 Å². The fraction of sp³-hybridized carbons (Fsp3) is 1.00. The van der Waals surface area contributed by atoms with E-state index in [0.29, 0.717) is 6.42 Å². The molecule has 1 heterocycles. The van der Waals surface area contributed by atoms with Crippen molar-refractivity contribution in [1.82, 2.24) is 9.80 Å². The third-order valence-electron chi connectivity index (χ3n) is 3.34. The molecule has 0 amide bonds. The monoisotopic (exact) mass is 264 g/mol. The van der Waals surface area contributed by atoms with Crippen molar-refractivity contribution >= 4 is 9.84 Å². The molecule has 0 aliphatic carbocycles. The van der Waals surface area contributed by atoms with Gasteiger partial charge in [-0.3, -0.25) is 4.90 Å². The van der Waals surface area contributed by atoms with Crippen LogP contribution in [0.1, 0.15) is 12.8 Å². The summed E-state index contributed by atoms with van der Waals surface area (Å²) >= 11 is 0. The molecule has 0 aromatic heterocycles. The Morgan fingerprint density at radius 1 is 1.35 bits per heavy atom. The van der Waals surface area contributed by atoms with Crippen molar-refractivity contribution < 1.29 is 13.5 Å². The summed E-state index contributed by atoms with van der Waals surface area (Å²) < 4.78 is 22.2. The maximum atomic E-state index is 11.1. The smallest absolute Gasteiger partial charge is 0.147 e. The van der Waals surface area contributed by atoms with Gasteiger partial charge in [-0.1, -0.05) is 0 Å². The molecule has 1 aliphatic heterocycles. The Labute approximate surface area is 104 Å². The number of nitrogens with zero attached hydrogens (tertiary/aromatic N) is 2. The Hall–Kier alpha value is -0.170. The van der Waals surface area contributed by atoms with Crippen LogP contribution in [0.3, 0.4) is 0 Å². The Bertz CT molecular complexity index is 332. The van der Waals surface area contributed by atoms with Gasteiger partial charge in [0.1, 0.15) is 9.84 Å². The minimum Gasteiger partial charge on any atom is -0.391 e. The molecule has 0 aromatic rings. The molecule has 0 bridgehead atoms. The molecule has 6 heteroatoms. The average molecular weight is 264 g/mol. The molecule has 0 saturated carbocycles. The number of hydrogen-bond donors (Lipinski definition) is 1. The molecule has 102 valence electrons. The molecule has 0 spiro atoms. The van der Waals surface area contributed by atoms with E-state index >= 15 is 0 Å². The standard InChI is InChI=1S/C11H24N2O3S/c1-12-6-4-7-13(2)10(9-12)11(14)5-8-17(3,15)16/h10-11,14H,4-9H2,1-3H3. The predicted molar refractivity (Wildman–Crippen MR) is 68.9 cm³/mol. The molecule has 17 heavy (non-hydrogen) atoms. The first-order chi connectivity index (χ1) is 7.79. The van der Waals surface area contributed by atoms with Gasteiger partial charge in [-0.05, 0) is 40.0 Å². The van der Waals surface area contributed by atoms with Gasteiger partial charge in [-0.25, -0.2) is 8.42 Å². The molecule has 1 N–H and O–H groups in total. The van der Waals surface area contributed by atoms with E-state index in [1.165, 1.54) is 6.26 Å². The molecule has 0 radical (unpaired) electrons. The van der Waals surface area contributed by atoms with Gasteiger partial charge in [0, 0.05) is 18.8 Å². The van der Waals surface area contributed by atoms with Crippen LogP contribution in [0, 0.1) is 0 Å². The second-order valence-corrected chi connectivity index (χ2v) is 7.41. The average Bonchev–Trinajstić information content (AvgIpc) is 2.36. The summed E-state index contributed by atoms with van der Waals surface area (Å²) in [6.07, 6.45) is 2.04. The van der Waals surface area contributed by atoms with Crippen molar-refractivity contribution in [3.05, 3.63) is 0 Å². The summed E-state index contributed by atoms with van der Waals surface area (Å²) in [4.78, 5) is 4.33. The summed E-state index contributed by atoms with van der Waals surface area (Å²) in [5.74, 6) is 0.0578. The summed E-state index contributed by atoms with van der Waals surface area (Å²) in [6, 6.07) is 0.0317. The van der Waals surface area contributed by atoms with Crippen molar-refractivity contribution in [2.24, 2.45) is 0 Å². The Kier molecular flexibility index (Phi) is 5.37. The fourth-order valence-corrected chi connectivity index (χ4v) is 2.92. The Morgan fingerprint density at radius 3 is 2.59 bits per heavy atom. The third-order valence-corrected chi connectivity index (χ3v) is 4.32. The highest BCUT2D eigenvalue weighted by Crippen LogP contribution is 2.13.